The van der Waals surface area contributed by atoms with Crippen LogP contribution in [0, 0.1) is 0 Å². The predicted octanol–water partition coefficient (Wildman–Crippen LogP) is -1.97. The van der Waals surface area contributed by atoms with E-state index in [-0.39, 0.29) is 62.9 Å². The first-order valence-electron chi connectivity index (χ1n) is 2.32. The van der Waals surface area contributed by atoms with Crippen LogP contribution in [0.15, 0.2) is 17.2 Å². The zero-order valence-corrected chi connectivity index (χ0v) is 10.4. The van der Waals surface area contributed by atoms with Gasteiger partial charge in [-0.2, -0.15) is 8.42 Å². The SMILES string of the molecule is O=S(=O)(O)c1cc[nH]c1Cl.[H-].[K+]. The van der Waals surface area contributed by atoms with E-state index >= 15 is 0 Å². The standard InChI is InChI=1S/C4H4ClNO3S.K.H/c5-4-3(1-2-6-4)10(7,8)9;;/h1-2,6H,(H,7,8,9);;/q;+1;-1. The van der Waals surface area contributed by atoms with Crippen molar-refractivity contribution in [1.29, 1.82) is 0 Å². The van der Waals surface area contributed by atoms with E-state index in [4.69, 9.17) is 16.2 Å². The summed E-state index contributed by atoms with van der Waals surface area (Å²) in [6.45, 7) is 0. The van der Waals surface area contributed by atoms with Gasteiger partial charge in [-0.1, -0.05) is 11.6 Å². The van der Waals surface area contributed by atoms with E-state index in [0.29, 0.717) is 0 Å². The van der Waals surface area contributed by atoms with E-state index in [9.17, 15) is 8.42 Å². The van der Waals surface area contributed by atoms with E-state index in [2.05, 4.69) is 4.98 Å². The molecule has 7 heteroatoms. The van der Waals surface area contributed by atoms with Gasteiger partial charge in [0.25, 0.3) is 10.1 Å². The first kappa shape index (κ1) is 12.1. The summed E-state index contributed by atoms with van der Waals surface area (Å²) in [4.78, 5) is 2.10. The summed E-state index contributed by atoms with van der Waals surface area (Å²) in [6.07, 6.45) is 1.32. The molecule has 58 valence electrons. The van der Waals surface area contributed by atoms with Crippen LogP contribution in [0.25, 0.3) is 0 Å². The van der Waals surface area contributed by atoms with Crippen molar-refractivity contribution in [3.8, 4) is 0 Å². The molecular formula is C4H5ClKNO3S. The van der Waals surface area contributed by atoms with Gasteiger partial charge in [-0.3, -0.25) is 4.55 Å². The van der Waals surface area contributed by atoms with Crippen molar-refractivity contribution in [1.82, 2.24) is 4.98 Å². The molecule has 0 bridgehead atoms. The number of aromatic amines is 1. The van der Waals surface area contributed by atoms with Crippen LogP contribution in [0.4, 0.5) is 0 Å². The summed E-state index contributed by atoms with van der Waals surface area (Å²) in [6, 6.07) is 1.18. The summed E-state index contributed by atoms with van der Waals surface area (Å²) in [5.74, 6) is 0. The van der Waals surface area contributed by atoms with E-state index in [0.717, 1.165) is 0 Å². The average Bonchev–Trinajstić information content (AvgIpc) is 2.11. The molecule has 0 saturated heterocycles. The van der Waals surface area contributed by atoms with Crippen molar-refractivity contribution >= 4 is 21.7 Å². The number of hydrogen-bond acceptors (Lipinski definition) is 2. The number of aromatic nitrogens is 1. The Bertz CT molecular complexity index is 338. The second kappa shape index (κ2) is 4.38. The molecule has 0 unspecified atom stereocenters. The van der Waals surface area contributed by atoms with E-state index in [1.807, 2.05) is 0 Å². The Morgan fingerprint density at radius 1 is 1.64 bits per heavy atom. The minimum atomic E-state index is -4.15. The molecule has 0 aliphatic rings. The molecule has 11 heavy (non-hydrogen) atoms. The Balaban J connectivity index is 0. The zero-order valence-electron chi connectivity index (χ0n) is 6.70. The van der Waals surface area contributed by atoms with Crippen LogP contribution in [0.3, 0.4) is 0 Å². The molecule has 0 spiro atoms. The van der Waals surface area contributed by atoms with Crippen LogP contribution in [0.5, 0.6) is 0 Å². The number of hydrogen-bond donors (Lipinski definition) is 2. The van der Waals surface area contributed by atoms with Crippen LogP contribution in [-0.4, -0.2) is 18.0 Å². The minimum absolute atomic E-state index is 0. The van der Waals surface area contributed by atoms with E-state index in [1.165, 1.54) is 12.3 Å². The molecule has 1 heterocycles. The minimum Gasteiger partial charge on any atom is -1.00 e. The number of halogens is 1. The summed E-state index contributed by atoms with van der Waals surface area (Å²) in [5.41, 5.74) is 0. The summed E-state index contributed by atoms with van der Waals surface area (Å²) < 4.78 is 29.2. The van der Waals surface area contributed by atoms with Gasteiger partial charge in [-0.05, 0) is 6.07 Å². The fraction of sp³-hybridized carbons (Fsp3) is 0. The topological polar surface area (TPSA) is 70.2 Å². The van der Waals surface area contributed by atoms with Crippen molar-refractivity contribution in [3.63, 3.8) is 0 Å². The van der Waals surface area contributed by atoms with E-state index < -0.39 is 10.1 Å². The van der Waals surface area contributed by atoms with Crippen molar-refractivity contribution < 1.29 is 65.8 Å². The zero-order chi connectivity index (χ0) is 7.78. The quantitative estimate of drug-likeness (QED) is 0.427. The second-order valence-corrected chi connectivity index (χ2v) is 3.40. The maximum Gasteiger partial charge on any atom is 1.00 e. The third-order valence-corrected chi connectivity index (χ3v) is 2.26. The molecule has 1 aromatic heterocycles. The molecule has 0 saturated carbocycles. The Labute approximate surface area is 113 Å². The van der Waals surface area contributed by atoms with Gasteiger partial charge < -0.3 is 6.41 Å². The monoisotopic (exact) mass is 221 g/mol. The molecule has 0 amide bonds. The first-order chi connectivity index (χ1) is 4.52. The van der Waals surface area contributed by atoms with Crippen molar-refractivity contribution in [2.75, 3.05) is 0 Å². The fourth-order valence-corrected chi connectivity index (χ4v) is 1.48. The molecule has 1 rings (SSSR count). The summed E-state index contributed by atoms with van der Waals surface area (Å²) in [7, 11) is -4.15. The molecule has 0 atom stereocenters. The van der Waals surface area contributed by atoms with E-state index in [1.54, 1.807) is 0 Å². The molecule has 0 fully saturated rings. The number of H-pyrrole nitrogens is 1. The van der Waals surface area contributed by atoms with Gasteiger partial charge in [0, 0.05) is 6.20 Å². The van der Waals surface area contributed by atoms with Crippen molar-refractivity contribution in [3.05, 3.63) is 17.4 Å². The normalized spacial score (nSPS) is 10.7. The van der Waals surface area contributed by atoms with Gasteiger partial charge in [-0.25, -0.2) is 0 Å². The Morgan fingerprint density at radius 2 is 2.18 bits per heavy atom. The fourth-order valence-electron chi connectivity index (χ4n) is 0.534. The summed E-state index contributed by atoms with van der Waals surface area (Å²) in [5, 5.41) is -0.0810. The molecule has 4 nitrogen and oxygen atoms in total. The molecule has 0 aliphatic carbocycles. The second-order valence-electron chi connectivity index (χ2n) is 1.63. The van der Waals surface area contributed by atoms with Gasteiger partial charge in [0.05, 0.1) is 0 Å². The molecular weight excluding hydrogens is 217 g/mol. The van der Waals surface area contributed by atoms with Crippen LogP contribution < -0.4 is 51.4 Å². The van der Waals surface area contributed by atoms with Gasteiger partial charge in [0.15, 0.2) is 0 Å². The van der Waals surface area contributed by atoms with Crippen LogP contribution in [0.1, 0.15) is 1.43 Å². The Hall–Kier alpha value is 1.12. The summed E-state index contributed by atoms with van der Waals surface area (Å²) >= 11 is 5.33. The maximum absolute atomic E-state index is 10.4. The number of rotatable bonds is 1. The van der Waals surface area contributed by atoms with Gasteiger partial charge in [0.2, 0.25) is 0 Å². The third kappa shape index (κ3) is 3.15. The smallest absolute Gasteiger partial charge is 1.00 e. The third-order valence-electron chi connectivity index (χ3n) is 0.939. The van der Waals surface area contributed by atoms with Crippen LogP contribution >= 0.6 is 11.6 Å². The molecule has 0 aliphatic heterocycles. The molecule has 2 N–H and O–H groups in total. The van der Waals surface area contributed by atoms with Crippen LogP contribution in [-0.2, 0) is 10.1 Å². The molecule has 0 radical (unpaired) electrons. The maximum atomic E-state index is 10.4. The van der Waals surface area contributed by atoms with Gasteiger partial charge in [-0.15, -0.1) is 0 Å². The van der Waals surface area contributed by atoms with Gasteiger partial charge >= 0.3 is 51.4 Å². The predicted molar refractivity (Wildman–Crippen MR) is 36.7 cm³/mol. The molecule has 1 aromatic rings. The Morgan fingerprint density at radius 3 is 2.36 bits per heavy atom. The Kier molecular flexibility index (Phi) is 4.82. The average molecular weight is 222 g/mol. The van der Waals surface area contributed by atoms with Gasteiger partial charge in [0.1, 0.15) is 10.0 Å². The first-order valence-corrected chi connectivity index (χ1v) is 4.14. The number of nitrogens with one attached hydrogen (secondary N) is 1. The van der Waals surface area contributed by atoms with Crippen molar-refractivity contribution in [2.45, 2.75) is 4.90 Å². The molecule has 0 aromatic carbocycles. The van der Waals surface area contributed by atoms with Crippen molar-refractivity contribution in [2.24, 2.45) is 0 Å². The largest absolute Gasteiger partial charge is 1.00 e. The van der Waals surface area contributed by atoms with Crippen LogP contribution in [0.2, 0.25) is 5.15 Å².